The molecule has 21 heavy (non-hydrogen) atoms. The molecule has 0 bridgehead atoms. The number of aryl methyl sites for hydroxylation is 1. The van der Waals surface area contributed by atoms with E-state index in [1.165, 1.54) is 28.4 Å². The van der Waals surface area contributed by atoms with Crippen LogP contribution in [0.2, 0.25) is 5.02 Å². The lowest BCUT2D eigenvalue weighted by molar-refractivity contribution is 0.686. The number of hydrogen-bond acceptors (Lipinski definition) is 3. The van der Waals surface area contributed by atoms with Crippen molar-refractivity contribution in [3.63, 3.8) is 0 Å². The van der Waals surface area contributed by atoms with Gasteiger partial charge < -0.3 is 5.32 Å². The third-order valence-corrected chi connectivity index (χ3v) is 5.20. The number of halogens is 1. The number of nitrogens with zero attached hydrogens (tertiary/aromatic N) is 1. The Morgan fingerprint density at radius 3 is 2.86 bits per heavy atom. The molecule has 112 valence electrons. The Morgan fingerprint density at radius 1 is 1.33 bits per heavy atom. The third-order valence-electron chi connectivity index (χ3n) is 3.74. The normalized spacial score (nSPS) is 14.6. The molecule has 1 fully saturated rings. The summed E-state index contributed by atoms with van der Waals surface area (Å²) in [5.74, 6) is 0. The second-order valence-corrected chi connectivity index (χ2v) is 7.23. The van der Waals surface area contributed by atoms with Gasteiger partial charge in [0.2, 0.25) is 0 Å². The van der Waals surface area contributed by atoms with Gasteiger partial charge in [0.1, 0.15) is 0 Å². The van der Waals surface area contributed by atoms with E-state index >= 15 is 0 Å². The first-order valence-electron chi connectivity index (χ1n) is 7.70. The van der Waals surface area contributed by atoms with Crippen molar-refractivity contribution in [1.29, 1.82) is 0 Å². The molecule has 0 aliphatic heterocycles. The van der Waals surface area contributed by atoms with Crippen molar-refractivity contribution in [3.8, 4) is 0 Å². The summed E-state index contributed by atoms with van der Waals surface area (Å²) in [5, 5.41) is 5.62. The molecule has 1 saturated carbocycles. The first-order chi connectivity index (χ1) is 10.3. The molecule has 1 aromatic heterocycles. The van der Waals surface area contributed by atoms with Gasteiger partial charge in [0.05, 0.1) is 10.7 Å². The van der Waals surface area contributed by atoms with E-state index in [0.29, 0.717) is 0 Å². The molecule has 3 rings (SSSR count). The molecule has 0 radical (unpaired) electrons. The van der Waals surface area contributed by atoms with E-state index in [1.807, 2.05) is 29.5 Å². The van der Waals surface area contributed by atoms with Crippen LogP contribution in [0.15, 0.2) is 24.3 Å². The number of aromatic nitrogens is 1. The van der Waals surface area contributed by atoms with Crippen LogP contribution in [-0.4, -0.2) is 11.0 Å². The van der Waals surface area contributed by atoms with Gasteiger partial charge in [-0.1, -0.05) is 43.1 Å². The lowest BCUT2D eigenvalue weighted by Crippen LogP contribution is -2.15. The second kappa shape index (κ2) is 6.91. The van der Waals surface area contributed by atoms with Gasteiger partial charge in [-0.2, -0.15) is 0 Å². The van der Waals surface area contributed by atoms with Gasteiger partial charge in [0, 0.05) is 28.9 Å². The van der Waals surface area contributed by atoms with Crippen LogP contribution in [-0.2, 0) is 19.4 Å². The highest BCUT2D eigenvalue weighted by Crippen LogP contribution is 2.26. The summed E-state index contributed by atoms with van der Waals surface area (Å²) in [6, 6.07) is 8.80. The second-order valence-electron chi connectivity index (χ2n) is 5.65. The zero-order valence-corrected chi connectivity index (χ0v) is 13.9. The topological polar surface area (TPSA) is 24.9 Å². The van der Waals surface area contributed by atoms with Crippen molar-refractivity contribution >= 4 is 22.9 Å². The summed E-state index contributed by atoms with van der Waals surface area (Å²) < 4.78 is 0. The number of nitrogens with one attached hydrogen (secondary N) is 1. The molecular weight excluding hydrogens is 300 g/mol. The number of thiazole rings is 1. The van der Waals surface area contributed by atoms with Gasteiger partial charge in [-0.05, 0) is 30.9 Å². The molecule has 0 spiro atoms. The average molecular weight is 321 g/mol. The molecule has 2 aromatic rings. The Balaban J connectivity index is 1.74. The lowest BCUT2D eigenvalue weighted by Gasteiger charge is -2.01. The molecule has 1 heterocycles. The van der Waals surface area contributed by atoms with Gasteiger partial charge in [-0.25, -0.2) is 4.98 Å². The van der Waals surface area contributed by atoms with Crippen LogP contribution in [0.5, 0.6) is 0 Å². The summed E-state index contributed by atoms with van der Waals surface area (Å²) in [6.07, 6.45) is 5.71. The molecule has 0 unspecified atom stereocenters. The Labute approximate surface area is 135 Å². The van der Waals surface area contributed by atoms with E-state index in [4.69, 9.17) is 16.6 Å². The molecule has 0 amide bonds. The van der Waals surface area contributed by atoms with E-state index in [-0.39, 0.29) is 0 Å². The van der Waals surface area contributed by atoms with Crippen LogP contribution in [0, 0.1) is 0 Å². The summed E-state index contributed by atoms with van der Waals surface area (Å²) in [6.45, 7) is 3.19. The van der Waals surface area contributed by atoms with E-state index < -0.39 is 0 Å². The fourth-order valence-corrected chi connectivity index (χ4v) is 3.70. The lowest BCUT2D eigenvalue weighted by atomic mass is 10.1. The predicted molar refractivity (Wildman–Crippen MR) is 90.2 cm³/mol. The average Bonchev–Trinajstić information content (AvgIpc) is 3.23. The van der Waals surface area contributed by atoms with Crippen molar-refractivity contribution < 1.29 is 0 Å². The molecule has 0 atom stereocenters. The quantitative estimate of drug-likeness (QED) is 0.807. The Hall–Kier alpha value is -0.900. The Morgan fingerprint density at radius 2 is 2.14 bits per heavy atom. The van der Waals surface area contributed by atoms with E-state index in [0.717, 1.165) is 42.4 Å². The van der Waals surface area contributed by atoms with Crippen LogP contribution < -0.4 is 5.32 Å². The van der Waals surface area contributed by atoms with Crippen LogP contribution in [0.4, 0.5) is 0 Å². The third kappa shape index (κ3) is 4.06. The minimum absolute atomic E-state index is 0.744. The fraction of sp³-hybridized carbons (Fsp3) is 0.471. The summed E-state index contributed by atoms with van der Waals surface area (Å²) in [5.41, 5.74) is 2.44. The van der Waals surface area contributed by atoms with Crippen LogP contribution in [0.3, 0.4) is 0 Å². The highest BCUT2D eigenvalue weighted by atomic mass is 35.5. The first-order valence-corrected chi connectivity index (χ1v) is 8.90. The van der Waals surface area contributed by atoms with Crippen molar-refractivity contribution in [2.24, 2.45) is 0 Å². The predicted octanol–water partition coefficient (Wildman–Crippen LogP) is 4.59. The van der Waals surface area contributed by atoms with Gasteiger partial charge in [-0.3, -0.25) is 0 Å². The monoisotopic (exact) mass is 320 g/mol. The summed E-state index contributed by atoms with van der Waals surface area (Å²) in [4.78, 5) is 6.26. The first kappa shape index (κ1) is 15.0. The van der Waals surface area contributed by atoms with Gasteiger partial charge in [0.15, 0.2) is 0 Å². The maximum absolute atomic E-state index is 6.26. The Kier molecular flexibility index (Phi) is 4.94. The highest BCUT2D eigenvalue weighted by molar-refractivity contribution is 7.11. The van der Waals surface area contributed by atoms with Crippen LogP contribution in [0.25, 0.3) is 0 Å². The number of benzene rings is 1. The van der Waals surface area contributed by atoms with Crippen LogP contribution >= 0.6 is 22.9 Å². The van der Waals surface area contributed by atoms with Crippen molar-refractivity contribution in [2.75, 3.05) is 0 Å². The SMILES string of the molecule is CCCc1nc(Cc2ccccc2Cl)sc1CNC1CC1. The van der Waals surface area contributed by atoms with Gasteiger partial charge in [0.25, 0.3) is 0 Å². The van der Waals surface area contributed by atoms with Gasteiger partial charge >= 0.3 is 0 Å². The highest BCUT2D eigenvalue weighted by Gasteiger charge is 2.21. The molecule has 1 aromatic carbocycles. The molecule has 2 nitrogen and oxygen atoms in total. The fourth-order valence-electron chi connectivity index (χ4n) is 2.41. The van der Waals surface area contributed by atoms with Crippen molar-refractivity contribution in [2.45, 2.75) is 51.6 Å². The molecule has 1 aliphatic carbocycles. The number of rotatable bonds is 7. The van der Waals surface area contributed by atoms with Crippen LogP contribution in [0.1, 0.15) is 47.3 Å². The maximum Gasteiger partial charge on any atom is 0.0975 e. The summed E-state index contributed by atoms with van der Waals surface area (Å²) >= 11 is 8.10. The zero-order valence-electron chi connectivity index (χ0n) is 12.4. The zero-order chi connectivity index (χ0) is 14.7. The minimum atomic E-state index is 0.744. The molecule has 0 saturated heterocycles. The van der Waals surface area contributed by atoms with E-state index in [2.05, 4.69) is 18.3 Å². The van der Waals surface area contributed by atoms with E-state index in [1.54, 1.807) is 0 Å². The van der Waals surface area contributed by atoms with Crippen molar-refractivity contribution in [3.05, 3.63) is 50.4 Å². The summed E-state index contributed by atoms with van der Waals surface area (Å²) in [7, 11) is 0. The number of hydrogen-bond donors (Lipinski definition) is 1. The molecule has 1 aliphatic rings. The Bertz CT molecular complexity index is 605. The minimum Gasteiger partial charge on any atom is -0.309 e. The van der Waals surface area contributed by atoms with E-state index in [9.17, 15) is 0 Å². The maximum atomic E-state index is 6.26. The van der Waals surface area contributed by atoms with Crippen molar-refractivity contribution in [1.82, 2.24) is 10.3 Å². The van der Waals surface area contributed by atoms with Gasteiger partial charge in [-0.15, -0.1) is 11.3 Å². The smallest absolute Gasteiger partial charge is 0.0975 e. The largest absolute Gasteiger partial charge is 0.309 e. The molecule has 1 N–H and O–H groups in total. The molecular formula is C17H21ClN2S. The molecule has 4 heteroatoms. The standard InChI is InChI=1S/C17H21ClN2S/c1-2-5-15-16(11-19-13-8-9-13)21-17(20-15)10-12-6-3-4-7-14(12)18/h3-4,6-7,13,19H,2,5,8-11H2,1H3.